The normalized spacial score (nSPS) is 14.2. The Morgan fingerprint density at radius 1 is 0.509 bits per heavy atom. The molecule has 2 nitrogen and oxygen atoms in total. The molecule has 9 aromatic rings. The first-order chi connectivity index (χ1) is 27.2. The van der Waals surface area contributed by atoms with E-state index in [0.717, 1.165) is 57.6 Å². The maximum absolute atomic E-state index is 6.75. The molecule has 1 heterocycles. The number of furan rings is 1. The highest BCUT2D eigenvalue weighted by Gasteiger charge is 2.25. The summed E-state index contributed by atoms with van der Waals surface area (Å²) in [5.41, 5.74) is 13.8. The second-order valence-corrected chi connectivity index (χ2v) is 14.5. The standard InChI is InChI=1S/C53H39NO/c1-36-13-5-10-24-50-49(33-36)52-51(55-50)35-43-17-7-9-22-48(43)53(52)54(45-20-11-19-42(34-45)47-23-12-18-41-16-6-8-21-46(41)47)44-31-29-40(30-32-44)39-27-25-38(26-28-39)37-14-3-2-4-15-37/h2-4,6-12,14-35H,5,13H2,1H3/b24-10-,36-33+. The van der Waals surface area contributed by atoms with Crippen LogP contribution in [0.25, 0.3) is 78.0 Å². The van der Waals surface area contributed by atoms with E-state index < -0.39 is 0 Å². The van der Waals surface area contributed by atoms with Gasteiger partial charge in [0.05, 0.1) is 11.1 Å². The lowest BCUT2D eigenvalue weighted by Gasteiger charge is -2.28. The molecule has 262 valence electrons. The zero-order chi connectivity index (χ0) is 36.7. The van der Waals surface area contributed by atoms with Gasteiger partial charge in [0.25, 0.3) is 0 Å². The van der Waals surface area contributed by atoms with Gasteiger partial charge >= 0.3 is 0 Å². The molecule has 0 unspecified atom stereocenters. The molecule has 0 bridgehead atoms. The topological polar surface area (TPSA) is 16.4 Å². The largest absolute Gasteiger partial charge is 0.456 e. The lowest BCUT2D eigenvalue weighted by molar-refractivity contribution is 0.603. The maximum Gasteiger partial charge on any atom is 0.138 e. The minimum absolute atomic E-state index is 0.889. The first kappa shape index (κ1) is 32.7. The van der Waals surface area contributed by atoms with Gasteiger partial charge in [0.2, 0.25) is 0 Å². The van der Waals surface area contributed by atoms with Gasteiger partial charge in [-0.1, -0.05) is 163 Å². The van der Waals surface area contributed by atoms with E-state index in [1.165, 1.54) is 55.1 Å². The third-order valence-electron chi connectivity index (χ3n) is 11.0. The van der Waals surface area contributed by atoms with E-state index in [-0.39, 0.29) is 0 Å². The number of benzene rings is 8. The minimum Gasteiger partial charge on any atom is -0.456 e. The highest BCUT2D eigenvalue weighted by molar-refractivity contribution is 6.16. The minimum atomic E-state index is 0.889. The molecule has 1 aliphatic rings. The molecule has 8 aromatic carbocycles. The van der Waals surface area contributed by atoms with Crippen LogP contribution in [0.3, 0.4) is 0 Å². The van der Waals surface area contributed by atoms with Crippen molar-refractivity contribution in [3.63, 3.8) is 0 Å². The van der Waals surface area contributed by atoms with Crippen LogP contribution in [0.5, 0.6) is 0 Å². The SMILES string of the molecule is C/C1=C\c2c(oc3cc4ccccc4c(N(c4ccc(-c5ccc(-c6ccccc6)cc5)cc4)c4cccc(-c5cccc6ccccc56)c4)c23)/C=C\CC1. The molecule has 0 N–H and O–H groups in total. The molecule has 0 fully saturated rings. The Kier molecular flexibility index (Phi) is 8.22. The number of allylic oxidation sites excluding steroid dienone is 2. The van der Waals surface area contributed by atoms with Crippen LogP contribution in [-0.4, -0.2) is 0 Å². The molecular weight excluding hydrogens is 667 g/mol. The van der Waals surface area contributed by atoms with Crippen LogP contribution >= 0.6 is 0 Å². The third-order valence-corrected chi connectivity index (χ3v) is 11.0. The van der Waals surface area contributed by atoms with Gasteiger partial charge in [0, 0.05) is 22.3 Å². The summed E-state index contributed by atoms with van der Waals surface area (Å²) in [6, 6.07) is 63.6. The molecule has 1 aliphatic carbocycles. The summed E-state index contributed by atoms with van der Waals surface area (Å²) in [6.07, 6.45) is 8.78. The average Bonchev–Trinajstić information content (AvgIpc) is 3.57. The third kappa shape index (κ3) is 6.02. The number of rotatable bonds is 6. The van der Waals surface area contributed by atoms with E-state index in [1.807, 2.05) is 0 Å². The van der Waals surface area contributed by atoms with Crippen LogP contribution in [0.15, 0.2) is 192 Å². The van der Waals surface area contributed by atoms with Crippen molar-refractivity contribution in [2.45, 2.75) is 19.8 Å². The summed E-state index contributed by atoms with van der Waals surface area (Å²) in [4.78, 5) is 2.45. The maximum atomic E-state index is 6.75. The Bertz CT molecular complexity index is 2910. The predicted molar refractivity (Wildman–Crippen MR) is 234 cm³/mol. The van der Waals surface area contributed by atoms with E-state index in [2.05, 4.69) is 206 Å². The number of fused-ring (bicyclic) bond motifs is 5. The van der Waals surface area contributed by atoms with Gasteiger partial charge in [0.1, 0.15) is 11.3 Å². The van der Waals surface area contributed by atoms with Crippen molar-refractivity contribution in [1.29, 1.82) is 0 Å². The van der Waals surface area contributed by atoms with Crippen molar-refractivity contribution in [3.8, 4) is 33.4 Å². The van der Waals surface area contributed by atoms with Crippen molar-refractivity contribution in [2.75, 3.05) is 4.90 Å². The Hall–Kier alpha value is -6.90. The summed E-state index contributed by atoms with van der Waals surface area (Å²) in [5.74, 6) is 0.907. The van der Waals surface area contributed by atoms with E-state index in [9.17, 15) is 0 Å². The van der Waals surface area contributed by atoms with Gasteiger partial charge in [-0.05, 0) is 106 Å². The van der Waals surface area contributed by atoms with E-state index in [4.69, 9.17) is 4.42 Å². The van der Waals surface area contributed by atoms with Crippen LogP contribution in [-0.2, 0) is 0 Å². The van der Waals surface area contributed by atoms with Gasteiger partial charge < -0.3 is 9.32 Å². The van der Waals surface area contributed by atoms with Gasteiger partial charge in [0.15, 0.2) is 0 Å². The van der Waals surface area contributed by atoms with Gasteiger partial charge in [-0.3, -0.25) is 0 Å². The highest BCUT2D eigenvalue weighted by Crippen LogP contribution is 2.48. The Morgan fingerprint density at radius 2 is 1.13 bits per heavy atom. The van der Waals surface area contributed by atoms with Crippen LogP contribution in [0, 0.1) is 0 Å². The first-order valence-electron chi connectivity index (χ1n) is 19.1. The second-order valence-electron chi connectivity index (χ2n) is 14.5. The molecule has 0 aliphatic heterocycles. The predicted octanol–water partition coefficient (Wildman–Crippen LogP) is 15.4. The van der Waals surface area contributed by atoms with Crippen molar-refractivity contribution in [2.24, 2.45) is 0 Å². The van der Waals surface area contributed by atoms with E-state index in [1.54, 1.807) is 0 Å². The van der Waals surface area contributed by atoms with Gasteiger partial charge in [-0.25, -0.2) is 0 Å². The summed E-state index contributed by atoms with van der Waals surface area (Å²) in [6.45, 7) is 2.24. The molecular formula is C53H39NO. The lowest BCUT2D eigenvalue weighted by Crippen LogP contribution is -2.11. The van der Waals surface area contributed by atoms with Crippen LogP contribution < -0.4 is 4.90 Å². The molecule has 1 aromatic heterocycles. The zero-order valence-electron chi connectivity index (χ0n) is 30.7. The fourth-order valence-electron chi connectivity index (χ4n) is 8.25. The molecule has 2 heteroatoms. The molecule has 0 saturated heterocycles. The summed E-state index contributed by atoms with van der Waals surface area (Å²) >= 11 is 0. The number of hydrogen-bond donors (Lipinski definition) is 0. The molecule has 0 saturated carbocycles. The summed E-state index contributed by atoms with van der Waals surface area (Å²) in [5, 5.41) is 5.91. The van der Waals surface area contributed by atoms with E-state index in [0.29, 0.717) is 0 Å². The molecule has 10 rings (SSSR count). The number of anilines is 3. The molecule has 0 atom stereocenters. The van der Waals surface area contributed by atoms with Crippen LogP contribution in [0.2, 0.25) is 0 Å². The van der Waals surface area contributed by atoms with Crippen molar-refractivity contribution >= 4 is 61.7 Å². The first-order valence-corrected chi connectivity index (χ1v) is 19.1. The average molecular weight is 706 g/mol. The van der Waals surface area contributed by atoms with Gasteiger partial charge in [-0.2, -0.15) is 0 Å². The quantitative estimate of drug-likeness (QED) is 0.171. The number of hydrogen-bond acceptors (Lipinski definition) is 2. The van der Waals surface area contributed by atoms with E-state index >= 15 is 0 Å². The van der Waals surface area contributed by atoms with Crippen molar-refractivity contribution < 1.29 is 4.42 Å². The fraction of sp³-hybridized carbons (Fsp3) is 0.0566. The van der Waals surface area contributed by atoms with Crippen LogP contribution in [0.4, 0.5) is 17.1 Å². The van der Waals surface area contributed by atoms with Crippen LogP contribution in [0.1, 0.15) is 31.1 Å². The van der Waals surface area contributed by atoms with Gasteiger partial charge in [-0.15, -0.1) is 0 Å². The Labute approximate surface area is 321 Å². The van der Waals surface area contributed by atoms with Crippen molar-refractivity contribution in [1.82, 2.24) is 0 Å². The Balaban J connectivity index is 1.19. The fourth-order valence-corrected chi connectivity index (χ4v) is 8.25. The second kappa shape index (κ2) is 13.8. The molecule has 0 radical (unpaired) electrons. The molecule has 0 spiro atoms. The Morgan fingerprint density at radius 3 is 1.91 bits per heavy atom. The summed E-state index contributed by atoms with van der Waals surface area (Å²) < 4.78 is 6.75. The van der Waals surface area contributed by atoms with Crippen molar-refractivity contribution in [3.05, 3.63) is 199 Å². The molecule has 55 heavy (non-hydrogen) atoms. The smallest absolute Gasteiger partial charge is 0.138 e. The lowest BCUT2D eigenvalue weighted by atomic mass is 9.95. The molecule has 0 amide bonds. The highest BCUT2D eigenvalue weighted by atomic mass is 16.3. The monoisotopic (exact) mass is 705 g/mol. The summed E-state index contributed by atoms with van der Waals surface area (Å²) in [7, 11) is 0. The zero-order valence-corrected chi connectivity index (χ0v) is 30.7. The number of nitrogens with zero attached hydrogens (tertiary/aromatic N) is 1.